The largest absolute Gasteiger partial charge is 0.359 e. The third-order valence-corrected chi connectivity index (χ3v) is 4.41. The molecule has 0 aliphatic heterocycles. The van der Waals surface area contributed by atoms with E-state index in [-0.39, 0.29) is 5.56 Å². The number of aryl methyl sites for hydroxylation is 1. The lowest BCUT2D eigenvalue weighted by Gasteiger charge is -2.16. The topological polar surface area (TPSA) is 46.9 Å². The molecule has 0 saturated carbocycles. The van der Waals surface area contributed by atoms with Crippen LogP contribution in [0.15, 0.2) is 16.9 Å². The summed E-state index contributed by atoms with van der Waals surface area (Å²) in [5.74, 6) is 1.32. The fraction of sp³-hybridized carbons (Fsp3) is 0.667. The van der Waals surface area contributed by atoms with Gasteiger partial charge in [-0.2, -0.15) is 0 Å². The van der Waals surface area contributed by atoms with E-state index < -0.39 is 0 Å². The Morgan fingerprint density at radius 2 is 2.09 bits per heavy atom. The number of hydrogen-bond acceptors (Lipinski definition) is 3. The highest BCUT2D eigenvalue weighted by Gasteiger charge is 2.13. The van der Waals surface area contributed by atoms with Crippen LogP contribution < -0.4 is 10.9 Å². The van der Waals surface area contributed by atoms with E-state index in [4.69, 9.17) is 0 Å². The van der Waals surface area contributed by atoms with Gasteiger partial charge in [0, 0.05) is 25.4 Å². The second-order valence-electron chi connectivity index (χ2n) is 5.93. The van der Waals surface area contributed by atoms with Crippen molar-refractivity contribution in [3.05, 3.63) is 33.8 Å². The van der Waals surface area contributed by atoms with Gasteiger partial charge in [-0.3, -0.25) is 9.36 Å². The summed E-state index contributed by atoms with van der Waals surface area (Å²) < 4.78 is 1.61. The zero-order valence-corrected chi connectivity index (χ0v) is 14.8. The maximum absolute atomic E-state index is 12.4. The van der Waals surface area contributed by atoms with Gasteiger partial charge in [0.05, 0.1) is 0 Å². The predicted molar refractivity (Wildman–Crippen MR) is 94.5 cm³/mol. The van der Waals surface area contributed by atoms with Gasteiger partial charge in [-0.05, 0) is 45.4 Å². The Kier molecular flexibility index (Phi) is 7.92. The maximum Gasteiger partial charge on any atom is 0.258 e. The predicted octanol–water partition coefficient (Wildman–Crippen LogP) is 3.84. The Hall–Kier alpha value is -1.58. The summed E-state index contributed by atoms with van der Waals surface area (Å²) >= 11 is 0. The van der Waals surface area contributed by atoms with Crippen molar-refractivity contribution in [3.63, 3.8) is 0 Å². The molecule has 0 bridgehead atoms. The lowest BCUT2D eigenvalue weighted by Crippen LogP contribution is -2.26. The molecule has 1 aromatic heterocycles. The number of nitrogens with one attached hydrogen (secondary N) is 1. The van der Waals surface area contributed by atoms with Crippen molar-refractivity contribution in [2.75, 3.05) is 12.4 Å². The van der Waals surface area contributed by atoms with Gasteiger partial charge >= 0.3 is 0 Å². The van der Waals surface area contributed by atoms with Crippen LogP contribution in [0.5, 0.6) is 0 Å². The second-order valence-corrected chi connectivity index (χ2v) is 5.93. The molecule has 4 heteroatoms. The van der Waals surface area contributed by atoms with Crippen molar-refractivity contribution >= 4 is 5.95 Å². The summed E-state index contributed by atoms with van der Waals surface area (Å²) in [6.45, 7) is 6.25. The van der Waals surface area contributed by atoms with Crippen LogP contribution in [0.2, 0.25) is 0 Å². The van der Waals surface area contributed by atoms with Gasteiger partial charge in [-0.15, -0.1) is 0 Å². The smallest absolute Gasteiger partial charge is 0.258 e. The highest BCUT2D eigenvalue weighted by atomic mass is 16.1. The van der Waals surface area contributed by atoms with Crippen LogP contribution in [0.4, 0.5) is 5.95 Å². The van der Waals surface area contributed by atoms with Crippen LogP contribution in [0, 0.1) is 12.8 Å². The summed E-state index contributed by atoms with van der Waals surface area (Å²) in [7, 11) is 3.57. The zero-order chi connectivity index (χ0) is 16.5. The Morgan fingerprint density at radius 3 is 2.68 bits per heavy atom. The molecule has 0 fully saturated rings. The molecule has 0 aromatic carbocycles. The Bertz CT molecular complexity index is 546. The first kappa shape index (κ1) is 18.5. The molecule has 0 aliphatic rings. The number of rotatable bonds is 9. The first-order valence-electron chi connectivity index (χ1n) is 8.40. The van der Waals surface area contributed by atoms with E-state index in [2.05, 4.69) is 36.3 Å². The van der Waals surface area contributed by atoms with Crippen molar-refractivity contribution < 1.29 is 0 Å². The van der Waals surface area contributed by atoms with Gasteiger partial charge in [0.15, 0.2) is 0 Å². The van der Waals surface area contributed by atoms with Crippen molar-refractivity contribution in [1.29, 1.82) is 0 Å². The number of allylic oxidation sites excluding steroid dienone is 2. The monoisotopic (exact) mass is 305 g/mol. The van der Waals surface area contributed by atoms with E-state index in [1.54, 1.807) is 18.7 Å². The molecule has 4 nitrogen and oxygen atoms in total. The number of unbranched alkanes of at least 4 members (excludes halogenated alkanes) is 1. The summed E-state index contributed by atoms with van der Waals surface area (Å²) in [5, 5.41) is 2.97. The molecule has 1 aromatic rings. The minimum Gasteiger partial charge on any atom is -0.359 e. The van der Waals surface area contributed by atoms with Gasteiger partial charge in [0.1, 0.15) is 0 Å². The number of aromatic nitrogens is 2. The van der Waals surface area contributed by atoms with Crippen LogP contribution in [-0.2, 0) is 13.5 Å². The molecule has 1 N–H and O–H groups in total. The standard InChI is InChI=1S/C18H31N3O/c1-6-8-9-10-11-15(7-2)12-13-16-14(3)20-18(19-4)21(5)17(16)22/h6,8,15H,7,9-13H2,1-5H3,(H,19,20). The molecule has 0 amide bonds. The summed E-state index contributed by atoms with van der Waals surface area (Å²) in [4.78, 5) is 16.9. The lowest BCUT2D eigenvalue weighted by molar-refractivity contribution is 0.424. The average Bonchev–Trinajstić information content (AvgIpc) is 2.52. The fourth-order valence-electron chi connectivity index (χ4n) is 2.86. The third-order valence-electron chi connectivity index (χ3n) is 4.41. The molecule has 1 unspecified atom stereocenters. The number of hydrogen-bond donors (Lipinski definition) is 1. The zero-order valence-electron chi connectivity index (χ0n) is 14.8. The number of nitrogens with zero attached hydrogens (tertiary/aromatic N) is 2. The molecule has 22 heavy (non-hydrogen) atoms. The molecule has 0 radical (unpaired) electrons. The fourth-order valence-corrected chi connectivity index (χ4v) is 2.86. The molecule has 1 heterocycles. The number of anilines is 1. The molecule has 0 spiro atoms. The Balaban J connectivity index is 2.70. The van der Waals surface area contributed by atoms with Gasteiger partial charge in [-0.25, -0.2) is 4.98 Å². The SMILES string of the molecule is CC=CCCCC(CC)CCc1c(C)nc(NC)n(C)c1=O. The molecule has 0 saturated heterocycles. The second kappa shape index (κ2) is 9.44. The van der Waals surface area contributed by atoms with E-state index in [9.17, 15) is 4.79 Å². The lowest BCUT2D eigenvalue weighted by atomic mass is 9.92. The summed E-state index contributed by atoms with van der Waals surface area (Å²) in [6.07, 6.45) is 11.1. The molecular weight excluding hydrogens is 274 g/mol. The van der Waals surface area contributed by atoms with Crippen LogP contribution in [-0.4, -0.2) is 16.6 Å². The van der Waals surface area contributed by atoms with Crippen molar-refractivity contribution in [2.45, 2.75) is 59.3 Å². The normalized spacial score (nSPS) is 12.8. The Labute approximate surface area is 134 Å². The van der Waals surface area contributed by atoms with Crippen LogP contribution >= 0.6 is 0 Å². The molecule has 0 aliphatic carbocycles. The van der Waals surface area contributed by atoms with Crippen LogP contribution in [0.3, 0.4) is 0 Å². The first-order chi connectivity index (χ1) is 10.5. The van der Waals surface area contributed by atoms with E-state index >= 15 is 0 Å². The highest BCUT2D eigenvalue weighted by molar-refractivity contribution is 5.30. The summed E-state index contributed by atoms with van der Waals surface area (Å²) in [6, 6.07) is 0. The quantitative estimate of drug-likeness (QED) is 0.557. The van der Waals surface area contributed by atoms with Crippen molar-refractivity contribution in [1.82, 2.24) is 9.55 Å². The van der Waals surface area contributed by atoms with Crippen LogP contribution in [0.1, 0.15) is 57.2 Å². The minimum absolute atomic E-state index is 0.0839. The van der Waals surface area contributed by atoms with Gasteiger partial charge in [0.2, 0.25) is 5.95 Å². The van der Waals surface area contributed by atoms with Gasteiger partial charge in [0.25, 0.3) is 5.56 Å². The maximum atomic E-state index is 12.4. The minimum atomic E-state index is 0.0839. The van der Waals surface area contributed by atoms with E-state index in [0.717, 1.165) is 30.5 Å². The molecular formula is C18H31N3O. The highest BCUT2D eigenvalue weighted by Crippen LogP contribution is 2.19. The first-order valence-corrected chi connectivity index (χ1v) is 8.40. The molecule has 1 rings (SSSR count). The van der Waals surface area contributed by atoms with Gasteiger partial charge in [-0.1, -0.05) is 31.9 Å². The van der Waals surface area contributed by atoms with E-state index in [1.165, 1.54) is 19.3 Å². The Morgan fingerprint density at radius 1 is 1.36 bits per heavy atom. The van der Waals surface area contributed by atoms with Gasteiger partial charge < -0.3 is 5.32 Å². The van der Waals surface area contributed by atoms with E-state index in [0.29, 0.717) is 11.9 Å². The summed E-state index contributed by atoms with van der Waals surface area (Å²) in [5.41, 5.74) is 1.81. The van der Waals surface area contributed by atoms with Crippen molar-refractivity contribution in [2.24, 2.45) is 13.0 Å². The average molecular weight is 305 g/mol. The molecule has 124 valence electrons. The molecule has 1 atom stereocenters. The van der Waals surface area contributed by atoms with E-state index in [1.807, 2.05) is 6.92 Å². The van der Waals surface area contributed by atoms with Crippen LogP contribution in [0.25, 0.3) is 0 Å². The van der Waals surface area contributed by atoms with Crippen molar-refractivity contribution in [3.8, 4) is 0 Å². The third kappa shape index (κ3) is 5.00.